The van der Waals surface area contributed by atoms with E-state index in [9.17, 15) is 9.59 Å². The lowest BCUT2D eigenvalue weighted by Crippen LogP contribution is -2.25. The van der Waals surface area contributed by atoms with E-state index in [0.717, 1.165) is 5.69 Å². The van der Waals surface area contributed by atoms with Gasteiger partial charge in [-0.2, -0.15) is 10.2 Å². The first-order valence-corrected chi connectivity index (χ1v) is 8.94. The van der Waals surface area contributed by atoms with E-state index < -0.39 is 11.6 Å². The maximum absolute atomic E-state index is 12.5. The number of rotatable bonds is 3. The van der Waals surface area contributed by atoms with Crippen molar-refractivity contribution < 1.29 is 9.59 Å². The van der Waals surface area contributed by atoms with Crippen LogP contribution in [0.3, 0.4) is 0 Å². The third kappa shape index (κ3) is 3.62. The van der Waals surface area contributed by atoms with Crippen LogP contribution >= 0.6 is 46.6 Å². The highest BCUT2D eigenvalue weighted by Crippen LogP contribution is 2.40. The molecule has 0 atom stereocenters. The number of allylic oxidation sites excluding steroid dienone is 4. The van der Waals surface area contributed by atoms with Crippen molar-refractivity contribution in [1.29, 1.82) is 0 Å². The number of thioether (sulfide) groups is 1. The zero-order valence-electron chi connectivity index (χ0n) is 12.7. The molecule has 1 aromatic carbocycles. The zero-order chi connectivity index (χ0) is 18.1. The number of Topliss-reactive ketones (excluding diaryl/α,β-unsaturated/α-hetero) is 2. The molecule has 2 aliphatic rings. The highest BCUT2D eigenvalue weighted by atomic mass is 35.5. The van der Waals surface area contributed by atoms with Gasteiger partial charge in [0, 0.05) is 4.91 Å². The highest BCUT2D eigenvalue weighted by molar-refractivity contribution is 8.17. The summed E-state index contributed by atoms with van der Waals surface area (Å²) in [7, 11) is 0. The fourth-order valence-electron chi connectivity index (χ4n) is 2.15. The Balaban J connectivity index is 1.96. The number of para-hydroxylation sites is 1. The minimum atomic E-state index is -0.674. The molecule has 0 unspecified atom stereocenters. The van der Waals surface area contributed by atoms with E-state index in [-0.39, 0.29) is 20.7 Å². The van der Waals surface area contributed by atoms with Crippen molar-refractivity contribution >= 4 is 68.9 Å². The summed E-state index contributed by atoms with van der Waals surface area (Å²) >= 11 is 18.9. The number of ketones is 2. The molecule has 3 rings (SSSR count). The van der Waals surface area contributed by atoms with E-state index in [0.29, 0.717) is 9.95 Å². The number of hydrazone groups is 1. The minimum absolute atomic E-state index is 0.0141. The molecule has 9 heteroatoms. The predicted octanol–water partition coefficient (Wildman–Crippen LogP) is 4.57. The van der Waals surface area contributed by atoms with Crippen LogP contribution in [-0.4, -0.2) is 21.7 Å². The quantitative estimate of drug-likeness (QED) is 0.734. The van der Waals surface area contributed by atoms with E-state index in [1.807, 2.05) is 30.3 Å². The summed E-state index contributed by atoms with van der Waals surface area (Å²) in [6.07, 6.45) is 1.57. The maximum atomic E-state index is 12.5. The van der Waals surface area contributed by atoms with Gasteiger partial charge < -0.3 is 0 Å². The summed E-state index contributed by atoms with van der Waals surface area (Å²) in [6.45, 7) is 1.77. The van der Waals surface area contributed by atoms with Gasteiger partial charge >= 0.3 is 0 Å². The van der Waals surface area contributed by atoms with Gasteiger partial charge in [0.2, 0.25) is 11.6 Å². The Labute approximate surface area is 163 Å². The number of hydrogen-bond acceptors (Lipinski definition) is 6. The van der Waals surface area contributed by atoms with E-state index >= 15 is 0 Å². The minimum Gasteiger partial charge on any atom is -0.287 e. The monoisotopic (exact) mass is 413 g/mol. The van der Waals surface area contributed by atoms with Crippen molar-refractivity contribution in [3.05, 3.63) is 62.1 Å². The van der Waals surface area contributed by atoms with Crippen LogP contribution in [0, 0.1) is 0 Å². The summed E-state index contributed by atoms with van der Waals surface area (Å²) < 4.78 is 0. The molecule has 0 radical (unpaired) electrons. The number of hydrogen-bond donors (Lipinski definition) is 1. The average Bonchev–Trinajstić information content (AvgIpc) is 2.59. The summed E-state index contributed by atoms with van der Waals surface area (Å²) in [6, 6.07) is 9.36. The first-order valence-electron chi connectivity index (χ1n) is 6.99. The van der Waals surface area contributed by atoms with E-state index in [2.05, 4.69) is 10.5 Å². The summed E-state index contributed by atoms with van der Waals surface area (Å²) in [5.41, 5.74) is 3.88. The number of nitrogens with one attached hydrogen (secondary N) is 1. The first-order chi connectivity index (χ1) is 11.9. The average molecular weight is 415 g/mol. The molecule has 0 spiro atoms. The molecular formula is C16H10Cl3N3O2S. The van der Waals surface area contributed by atoms with Gasteiger partial charge in [-0.05, 0) is 19.1 Å². The molecule has 0 bridgehead atoms. The van der Waals surface area contributed by atoms with Crippen molar-refractivity contribution in [2.75, 3.05) is 5.43 Å². The normalized spacial score (nSPS) is 18.5. The number of carbonyl (C=O) groups is 2. The Kier molecular flexibility index (Phi) is 5.24. The van der Waals surface area contributed by atoms with E-state index in [1.54, 1.807) is 13.1 Å². The Hall–Kier alpha value is -1.73. The molecule has 1 aromatic rings. The first kappa shape index (κ1) is 18.1. The molecule has 128 valence electrons. The van der Waals surface area contributed by atoms with Crippen LogP contribution in [0.25, 0.3) is 0 Å². The second-order valence-electron chi connectivity index (χ2n) is 5.01. The molecule has 1 N–H and O–H groups in total. The summed E-state index contributed by atoms with van der Waals surface area (Å²) in [5.74, 6) is -1.27. The van der Waals surface area contributed by atoms with Gasteiger partial charge in [-0.25, -0.2) is 0 Å². The van der Waals surface area contributed by atoms with Crippen LogP contribution < -0.4 is 5.43 Å². The standard InChI is InChI=1S/C16H10Cl3N3O2S/c1-8-20-22(21-9-5-3-2-4-6-9)7-10(25-8)11-12(17)16(24)14(19)13(18)15(11)23/h2-7,21H,1H3. The number of benzene rings is 1. The van der Waals surface area contributed by atoms with Crippen molar-refractivity contribution in [1.82, 2.24) is 5.12 Å². The van der Waals surface area contributed by atoms with Crippen LogP contribution in [0.4, 0.5) is 5.69 Å². The number of nitrogens with zero attached hydrogens (tertiary/aromatic N) is 2. The van der Waals surface area contributed by atoms with Crippen molar-refractivity contribution in [3.63, 3.8) is 0 Å². The van der Waals surface area contributed by atoms with Gasteiger partial charge in [-0.15, -0.1) is 0 Å². The molecule has 5 nitrogen and oxygen atoms in total. The molecule has 1 aliphatic carbocycles. The third-order valence-corrected chi connectivity index (χ3v) is 5.33. The lowest BCUT2D eigenvalue weighted by Gasteiger charge is -2.25. The topological polar surface area (TPSA) is 61.8 Å². The van der Waals surface area contributed by atoms with Crippen LogP contribution in [0.2, 0.25) is 0 Å². The second-order valence-corrected chi connectivity index (χ2v) is 7.38. The Morgan fingerprint density at radius 2 is 1.64 bits per heavy atom. The Morgan fingerprint density at radius 1 is 1.00 bits per heavy atom. The van der Waals surface area contributed by atoms with Gasteiger partial charge in [0.05, 0.1) is 22.5 Å². The maximum Gasteiger partial charge on any atom is 0.218 e. The summed E-state index contributed by atoms with van der Waals surface area (Å²) in [5, 5.41) is 5.45. The van der Waals surface area contributed by atoms with Gasteiger partial charge in [0.1, 0.15) is 15.1 Å². The van der Waals surface area contributed by atoms with Crippen molar-refractivity contribution in [2.24, 2.45) is 5.10 Å². The van der Waals surface area contributed by atoms with Crippen molar-refractivity contribution in [3.8, 4) is 0 Å². The summed E-state index contributed by atoms with van der Waals surface area (Å²) in [4.78, 5) is 25.0. The number of carbonyl (C=O) groups excluding carboxylic acids is 2. The van der Waals surface area contributed by atoms with Gasteiger partial charge in [0.25, 0.3) is 0 Å². The lowest BCUT2D eigenvalue weighted by molar-refractivity contribution is -0.115. The molecule has 1 heterocycles. The molecule has 0 saturated carbocycles. The number of halogens is 3. The Morgan fingerprint density at radius 3 is 2.32 bits per heavy atom. The number of hydrazine groups is 1. The lowest BCUT2D eigenvalue weighted by atomic mass is 10.0. The fourth-order valence-corrected chi connectivity index (χ4v) is 3.80. The predicted molar refractivity (Wildman–Crippen MR) is 102 cm³/mol. The molecule has 25 heavy (non-hydrogen) atoms. The fraction of sp³-hybridized carbons (Fsp3) is 0.0625. The zero-order valence-corrected chi connectivity index (χ0v) is 15.8. The van der Waals surface area contributed by atoms with Gasteiger partial charge in [-0.3, -0.25) is 15.0 Å². The molecule has 1 aliphatic heterocycles. The van der Waals surface area contributed by atoms with Crippen LogP contribution in [0.1, 0.15) is 6.92 Å². The molecule has 0 saturated heterocycles. The number of anilines is 1. The second kappa shape index (κ2) is 7.25. The third-order valence-electron chi connectivity index (χ3n) is 3.25. The van der Waals surface area contributed by atoms with Gasteiger partial charge in [-0.1, -0.05) is 64.8 Å². The largest absolute Gasteiger partial charge is 0.287 e. The van der Waals surface area contributed by atoms with Gasteiger partial charge in [0.15, 0.2) is 0 Å². The molecule has 0 aromatic heterocycles. The highest BCUT2D eigenvalue weighted by Gasteiger charge is 2.35. The van der Waals surface area contributed by atoms with E-state index in [1.165, 1.54) is 16.9 Å². The van der Waals surface area contributed by atoms with Crippen LogP contribution in [0.5, 0.6) is 0 Å². The van der Waals surface area contributed by atoms with Crippen molar-refractivity contribution in [2.45, 2.75) is 6.92 Å². The smallest absolute Gasteiger partial charge is 0.218 e. The Bertz CT molecular complexity index is 891. The van der Waals surface area contributed by atoms with Crippen LogP contribution in [0.15, 0.2) is 67.2 Å². The molecule has 0 fully saturated rings. The SMILES string of the molecule is CC1=NN(Nc2ccccc2)C=C(C2=C(Cl)C(=O)C(Cl)=C(Cl)C2=O)S1. The molecular weight excluding hydrogens is 405 g/mol. The van der Waals surface area contributed by atoms with E-state index in [4.69, 9.17) is 34.8 Å². The van der Waals surface area contributed by atoms with Crippen LogP contribution in [-0.2, 0) is 9.59 Å². The molecule has 0 amide bonds.